The Balaban J connectivity index is 1.50. The highest BCUT2D eigenvalue weighted by atomic mass is 19.1. The molecule has 0 saturated carbocycles. The summed E-state index contributed by atoms with van der Waals surface area (Å²) in [7, 11) is 0. The van der Waals surface area contributed by atoms with Crippen molar-refractivity contribution in [3.05, 3.63) is 60.4 Å². The first-order chi connectivity index (χ1) is 11.3. The Morgan fingerprint density at radius 1 is 1.04 bits per heavy atom. The summed E-state index contributed by atoms with van der Waals surface area (Å²) in [6.07, 6.45) is 2.24. The van der Waals surface area contributed by atoms with Crippen molar-refractivity contribution >= 4 is 27.8 Å². The van der Waals surface area contributed by atoms with Crippen molar-refractivity contribution in [2.45, 2.75) is 6.42 Å². The predicted molar refractivity (Wildman–Crippen MR) is 87.8 cm³/mol. The smallest absolute Gasteiger partial charge is 0.137 e. The van der Waals surface area contributed by atoms with E-state index in [4.69, 9.17) is 0 Å². The minimum Gasteiger partial charge on any atom is -0.369 e. The van der Waals surface area contributed by atoms with Crippen LogP contribution in [0, 0.1) is 5.82 Å². The summed E-state index contributed by atoms with van der Waals surface area (Å²) in [4.78, 5) is 16.1. The zero-order valence-corrected chi connectivity index (χ0v) is 12.3. The zero-order chi connectivity index (χ0) is 15.6. The van der Waals surface area contributed by atoms with Gasteiger partial charge in [-0.1, -0.05) is 12.1 Å². The quantitative estimate of drug-likeness (QED) is 0.607. The number of hydrogen-bond donors (Lipinski definition) is 2. The zero-order valence-electron chi connectivity index (χ0n) is 12.3. The van der Waals surface area contributed by atoms with Crippen molar-refractivity contribution in [1.29, 1.82) is 0 Å². The largest absolute Gasteiger partial charge is 0.369 e. The molecule has 4 aromatic rings. The van der Waals surface area contributed by atoms with E-state index in [2.05, 4.69) is 25.3 Å². The van der Waals surface area contributed by atoms with Gasteiger partial charge in [0.25, 0.3) is 0 Å². The first kappa shape index (κ1) is 13.6. The fraction of sp³-hybridized carbons (Fsp3) is 0.118. The van der Waals surface area contributed by atoms with E-state index < -0.39 is 0 Å². The van der Waals surface area contributed by atoms with E-state index in [0.29, 0.717) is 18.5 Å². The molecule has 6 heteroatoms. The minimum atomic E-state index is -0.265. The number of imidazole rings is 1. The molecule has 0 atom stereocenters. The third kappa shape index (κ3) is 2.70. The summed E-state index contributed by atoms with van der Waals surface area (Å²) in [5.41, 5.74) is 2.39. The van der Waals surface area contributed by atoms with Crippen molar-refractivity contribution < 1.29 is 4.39 Å². The Morgan fingerprint density at radius 2 is 1.96 bits per heavy atom. The van der Waals surface area contributed by atoms with Gasteiger partial charge in [0, 0.05) is 18.4 Å². The van der Waals surface area contributed by atoms with Gasteiger partial charge < -0.3 is 10.3 Å². The number of nitrogens with zero attached hydrogens (tertiary/aromatic N) is 3. The summed E-state index contributed by atoms with van der Waals surface area (Å²) in [6.45, 7) is 0.670. The molecule has 114 valence electrons. The molecule has 0 radical (unpaired) electrons. The average molecular weight is 307 g/mol. The van der Waals surface area contributed by atoms with Crippen LogP contribution in [-0.2, 0) is 6.42 Å². The van der Waals surface area contributed by atoms with Gasteiger partial charge in [0.1, 0.15) is 23.8 Å². The standard InChI is InChI=1S/C17H14FN5/c18-11-5-6-14-15(9-11)23-16(22-14)7-8-19-17-12-3-1-2-4-13(12)20-10-21-17/h1-6,9-10H,7-8H2,(H,22,23)(H,19,20,21). The van der Waals surface area contributed by atoms with Crippen molar-refractivity contribution in [1.82, 2.24) is 19.9 Å². The first-order valence-electron chi connectivity index (χ1n) is 7.37. The van der Waals surface area contributed by atoms with Gasteiger partial charge in [0.05, 0.1) is 16.6 Å². The molecule has 0 saturated heterocycles. The molecule has 0 amide bonds. The molecule has 2 N–H and O–H groups in total. The number of fused-ring (bicyclic) bond motifs is 2. The Hall–Kier alpha value is -3.02. The Morgan fingerprint density at radius 3 is 2.91 bits per heavy atom. The molecule has 4 rings (SSSR count). The second kappa shape index (κ2) is 5.64. The lowest BCUT2D eigenvalue weighted by atomic mass is 10.2. The third-order valence-corrected chi connectivity index (χ3v) is 3.69. The van der Waals surface area contributed by atoms with Crippen molar-refractivity contribution in [2.24, 2.45) is 0 Å². The van der Waals surface area contributed by atoms with Gasteiger partial charge in [0.2, 0.25) is 0 Å². The van der Waals surface area contributed by atoms with Crippen LogP contribution in [0.15, 0.2) is 48.8 Å². The van der Waals surface area contributed by atoms with Crippen LogP contribution in [0.5, 0.6) is 0 Å². The van der Waals surface area contributed by atoms with Gasteiger partial charge in [-0.25, -0.2) is 19.3 Å². The molecule has 0 aliphatic carbocycles. The number of benzene rings is 2. The van der Waals surface area contributed by atoms with Crippen molar-refractivity contribution in [3.8, 4) is 0 Å². The molecule has 2 aromatic heterocycles. The lowest BCUT2D eigenvalue weighted by Gasteiger charge is -2.07. The maximum atomic E-state index is 13.2. The van der Waals surface area contributed by atoms with Gasteiger partial charge in [-0.15, -0.1) is 0 Å². The fourth-order valence-corrected chi connectivity index (χ4v) is 2.60. The van der Waals surface area contributed by atoms with Crippen LogP contribution in [0.2, 0.25) is 0 Å². The molecular formula is C17H14FN5. The van der Waals surface area contributed by atoms with Crippen LogP contribution in [0.1, 0.15) is 5.82 Å². The lowest BCUT2D eigenvalue weighted by Crippen LogP contribution is -2.07. The monoisotopic (exact) mass is 307 g/mol. The second-order valence-corrected chi connectivity index (χ2v) is 5.26. The Kier molecular flexibility index (Phi) is 3.34. The molecule has 0 aliphatic heterocycles. The maximum absolute atomic E-state index is 13.2. The molecule has 23 heavy (non-hydrogen) atoms. The number of para-hydroxylation sites is 1. The molecule has 5 nitrogen and oxygen atoms in total. The average Bonchev–Trinajstić information content (AvgIpc) is 2.97. The van der Waals surface area contributed by atoms with E-state index in [0.717, 1.165) is 28.1 Å². The van der Waals surface area contributed by atoms with Crippen LogP contribution in [0.4, 0.5) is 10.2 Å². The molecule has 2 heterocycles. The number of hydrogen-bond acceptors (Lipinski definition) is 4. The molecule has 0 unspecified atom stereocenters. The molecule has 2 aromatic carbocycles. The summed E-state index contributed by atoms with van der Waals surface area (Å²) in [5.74, 6) is 1.35. The van der Waals surface area contributed by atoms with E-state index in [-0.39, 0.29) is 5.82 Å². The van der Waals surface area contributed by atoms with Gasteiger partial charge in [-0.05, 0) is 30.3 Å². The molecule has 0 spiro atoms. The highest BCUT2D eigenvalue weighted by molar-refractivity contribution is 5.88. The lowest BCUT2D eigenvalue weighted by molar-refractivity contribution is 0.629. The predicted octanol–water partition coefficient (Wildman–Crippen LogP) is 3.30. The normalized spacial score (nSPS) is 11.2. The summed E-state index contributed by atoms with van der Waals surface area (Å²) < 4.78 is 13.2. The van der Waals surface area contributed by atoms with Gasteiger partial charge in [-0.3, -0.25) is 0 Å². The SMILES string of the molecule is Fc1ccc2nc(CCNc3ncnc4ccccc34)[nH]c2c1. The number of H-pyrrole nitrogens is 1. The number of halogens is 1. The van der Waals surface area contributed by atoms with Crippen LogP contribution < -0.4 is 5.32 Å². The molecule has 0 fully saturated rings. The summed E-state index contributed by atoms with van der Waals surface area (Å²) in [6, 6.07) is 12.4. The van der Waals surface area contributed by atoms with Crippen LogP contribution in [-0.4, -0.2) is 26.5 Å². The van der Waals surface area contributed by atoms with Gasteiger partial charge >= 0.3 is 0 Å². The highest BCUT2D eigenvalue weighted by Gasteiger charge is 2.05. The van der Waals surface area contributed by atoms with Crippen LogP contribution in [0.25, 0.3) is 21.9 Å². The van der Waals surface area contributed by atoms with Gasteiger partial charge in [-0.2, -0.15) is 0 Å². The van der Waals surface area contributed by atoms with E-state index in [1.54, 1.807) is 12.4 Å². The molecule has 0 aliphatic rings. The number of anilines is 1. The molecular weight excluding hydrogens is 293 g/mol. The van der Waals surface area contributed by atoms with Gasteiger partial charge in [0.15, 0.2) is 0 Å². The number of aromatic amines is 1. The first-order valence-corrected chi connectivity index (χ1v) is 7.37. The van der Waals surface area contributed by atoms with Crippen LogP contribution >= 0.6 is 0 Å². The van der Waals surface area contributed by atoms with E-state index in [1.165, 1.54) is 12.1 Å². The van der Waals surface area contributed by atoms with E-state index >= 15 is 0 Å². The van der Waals surface area contributed by atoms with Crippen LogP contribution in [0.3, 0.4) is 0 Å². The summed E-state index contributed by atoms with van der Waals surface area (Å²) in [5, 5.41) is 4.29. The minimum absolute atomic E-state index is 0.265. The Bertz CT molecular complexity index is 974. The van der Waals surface area contributed by atoms with Crippen molar-refractivity contribution in [3.63, 3.8) is 0 Å². The number of aromatic nitrogens is 4. The maximum Gasteiger partial charge on any atom is 0.137 e. The fourth-order valence-electron chi connectivity index (χ4n) is 2.60. The van der Waals surface area contributed by atoms with E-state index in [9.17, 15) is 4.39 Å². The second-order valence-electron chi connectivity index (χ2n) is 5.26. The number of rotatable bonds is 4. The topological polar surface area (TPSA) is 66.5 Å². The number of nitrogens with one attached hydrogen (secondary N) is 2. The Labute approximate surface area is 131 Å². The summed E-state index contributed by atoms with van der Waals surface area (Å²) >= 11 is 0. The highest BCUT2D eigenvalue weighted by Crippen LogP contribution is 2.18. The van der Waals surface area contributed by atoms with E-state index in [1.807, 2.05) is 24.3 Å². The molecule has 0 bridgehead atoms. The van der Waals surface area contributed by atoms with Crippen molar-refractivity contribution in [2.75, 3.05) is 11.9 Å². The third-order valence-electron chi connectivity index (χ3n) is 3.69.